The molecule has 2 aromatic rings. The van der Waals surface area contributed by atoms with Gasteiger partial charge in [0.1, 0.15) is 0 Å². The molecule has 0 aliphatic carbocycles. The minimum atomic E-state index is 0.160. The minimum Gasteiger partial charge on any atom is -0.295 e. The highest BCUT2D eigenvalue weighted by Crippen LogP contribution is 2.17. The Morgan fingerprint density at radius 1 is 1.10 bits per heavy atom. The number of halogens is 1. The monoisotopic (exact) mass is 345 g/mol. The molecule has 0 heterocycles. The average molecular weight is 346 g/mol. The van der Waals surface area contributed by atoms with Gasteiger partial charge < -0.3 is 0 Å². The number of hydrogen-bond acceptors (Lipinski definition) is 2. The fourth-order valence-electron chi connectivity index (χ4n) is 2.22. The van der Waals surface area contributed by atoms with Crippen molar-refractivity contribution in [2.24, 2.45) is 0 Å². The molecule has 0 bridgehead atoms. The molecule has 2 rings (SSSR count). The number of rotatable bonds is 5. The van der Waals surface area contributed by atoms with E-state index in [0.29, 0.717) is 6.54 Å². The number of carbonyl (C=O) groups excluding carboxylic acids is 1. The van der Waals surface area contributed by atoms with Crippen LogP contribution >= 0.6 is 15.9 Å². The lowest BCUT2D eigenvalue weighted by molar-refractivity contribution is 0.0943. The van der Waals surface area contributed by atoms with Gasteiger partial charge in [0.05, 0.1) is 6.54 Å². The summed E-state index contributed by atoms with van der Waals surface area (Å²) in [5.74, 6) is 0.160. The maximum atomic E-state index is 12.3. The van der Waals surface area contributed by atoms with Crippen molar-refractivity contribution in [1.29, 1.82) is 0 Å². The van der Waals surface area contributed by atoms with Crippen molar-refractivity contribution in [2.45, 2.75) is 20.4 Å². The summed E-state index contributed by atoms with van der Waals surface area (Å²) in [6.45, 7) is 5.27. The second-order valence-electron chi connectivity index (χ2n) is 5.49. The number of benzene rings is 2. The van der Waals surface area contributed by atoms with Crippen molar-refractivity contribution in [1.82, 2.24) is 4.90 Å². The molecule has 0 spiro atoms. The van der Waals surface area contributed by atoms with Gasteiger partial charge in [0, 0.05) is 16.6 Å². The molecule has 110 valence electrons. The van der Waals surface area contributed by atoms with Gasteiger partial charge in [-0.25, -0.2) is 0 Å². The van der Waals surface area contributed by atoms with E-state index in [1.54, 1.807) is 0 Å². The van der Waals surface area contributed by atoms with E-state index in [0.717, 1.165) is 22.1 Å². The van der Waals surface area contributed by atoms with Crippen molar-refractivity contribution in [2.75, 3.05) is 13.6 Å². The van der Waals surface area contributed by atoms with Crippen LogP contribution in [0, 0.1) is 13.8 Å². The minimum absolute atomic E-state index is 0.160. The molecule has 0 atom stereocenters. The van der Waals surface area contributed by atoms with Gasteiger partial charge in [0.25, 0.3) is 0 Å². The van der Waals surface area contributed by atoms with Crippen LogP contribution in [0.2, 0.25) is 0 Å². The predicted molar refractivity (Wildman–Crippen MR) is 90.7 cm³/mol. The topological polar surface area (TPSA) is 20.3 Å². The fraction of sp³-hybridized carbons (Fsp3) is 0.278. The van der Waals surface area contributed by atoms with E-state index in [-0.39, 0.29) is 5.78 Å². The van der Waals surface area contributed by atoms with Crippen LogP contribution in [-0.2, 0) is 6.54 Å². The summed E-state index contributed by atoms with van der Waals surface area (Å²) in [6.07, 6.45) is 0. The second kappa shape index (κ2) is 7.01. The van der Waals surface area contributed by atoms with Crippen molar-refractivity contribution in [3.05, 3.63) is 69.2 Å². The van der Waals surface area contributed by atoms with Gasteiger partial charge in [-0.2, -0.15) is 0 Å². The quantitative estimate of drug-likeness (QED) is 0.749. The van der Waals surface area contributed by atoms with Gasteiger partial charge in [0.2, 0.25) is 0 Å². The molecular weight excluding hydrogens is 326 g/mol. The van der Waals surface area contributed by atoms with Crippen LogP contribution in [0.3, 0.4) is 0 Å². The third kappa shape index (κ3) is 4.26. The molecule has 0 aliphatic rings. The number of Topliss-reactive ketones (excluding diaryl/α,β-unsaturated/α-hetero) is 1. The Kier molecular flexibility index (Phi) is 5.32. The first-order valence-electron chi connectivity index (χ1n) is 7.00. The molecule has 3 heteroatoms. The van der Waals surface area contributed by atoms with Crippen molar-refractivity contribution >= 4 is 21.7 Å². The Morgan fingerprint density at radius 2 is 1.81 bits per heavy atom. The Morgan fingerprint density at radius 3 is 2.48 bits per heavy atom. The van der Waals surface area contributed by atoms with Crippen molar-refractivity contribution < 1.29 is 4.79 Å². The zero-order valence-corrected chi connectivity index (χ0v) is 14.3. The number of aryl methyl sites for hydroxylation is 2. The maximum Gasteiger partial charge on any atom is 0.176 e. The Bertz CT molecular complexity index is 651. The second-order valence-corrected chi connectivity index (χ2v) is 6.34. The highest BCUT2D eigenvalue weighted by Gasteiger charge is 2.11. The van der Waals surface area contributed by atoms with E-state index in [9.17, 15) is 4.79 Å². The van der Waals surface area contributed by atoms with E-state index < -0.39 is 0 Å². The highest BCUT2D eigenvalue weighted by molar-refractivity contribution is 9.10. The summed E-state index contributed by atoms with van der Waals surface area (Å²) in [6, 6.07) is 14.0. The lowest BCUT2D eigenvalue weighted by Gasteiger charge is -2.17. The number of ketones is 1. The average Bonchev–Trinajstić information content (AvgIpc) is 2.44. The first-order valence-corrected chi connectivity index (χ1v) is 7.79. The molecule has 21 heavy (non-hydrogen) atoms. The molecule has 0 saturated carbocycles. The van der Waals surface area contributed by atoms with Gasteiger partial charge in [-0.05, 0) is 49.7 Å². The number of likely N-dealkylation sites (N-methyl/N-ethyl adjacent to an activating group) is 1. The van der Waals surface area contributed by atoms with Crippen molar-refractivity contribution in [3.63, 3.8) is 0 Å². The van der Waals surface area contributed by atoms with Crippen LogP contribution in [0.15, 0.2) is 46.9 Å². The first-order chi connectivity index (χ1) is 9.97. The van der Waals surface area contributed by atoms with E-state index in [4.69, 9.17) is 0 Å². The maximum absolute atomic E-state index is 12.3. The lowest BCUT2D eigenvalue weighted by atomic mass is 10.0. The third-order valence-electron chi connectivity index (χ3n) is 3.64. The third-order valence-corrected chi connectivity index (χ3v) is 4.41. The fourth-order valence-corrected chi connectivity index (χ4v) is 2.63. The van der Waals surface area contributed by atoms with E-state index in [1.165, 1.54) is 11.1 Å². The van der Waals surface area contributed by atoms with Crippen LogP contribution in [0.5, 0.6) is 0 Å². The summed E-state index contributed by atoms with van der Waals surface area (Å²) in [5.41, 5.74) is 4.35. The molecule has 0 saturated heterocycles. The summed E-state index contributed by atoms with van der Waals surface area (Å²) in [5, 5.41) is 0. The lowest BCUT2D eigenvalue weighted by Crippen LogP contribution is -2.25. The van der Waals surface area contributed by atoms with Gasteiger partial charge >= 0.3 is 0 Å². The smallest absolute Gasteiger partial charge is 0.176 e. The number of carbonyl (C=O) groups is 1. The van der Waals surface area contributed by atoms with Gasteiger partial charge in [-0.15, -0.1) is 0 Å². The van der Waals surface area contributed by atoms with Crippen molar-refractivity contribution in [3.8, 4) is 0 Å². The Hall–Kier alpha value is -1.45. The summed E-state index contributed by atoms with van der Waals surface area (Å²) >= 11 is 3.54. The number of hydrogen-bond donors (Lipinski definition) is 0. The zero-order chi connectivity index (χ0) is 15.4. The van der Waals surface area contributed by atoms with Gasteiger partial charge in [-0.3, -0.25) is 9.69 Å². The molecule has 0 fully saturated rings. The van der Waals surface area contributed by atoms with Crippen LogP contribution in [0.25, 0.3) is 0 Å². The van der Waals surface area contributed by atoms with E-state index in [1.807, 2.05) is 55.3 Å². The molecule has 0 amide bonds. The normalized spacial score (nSPS) is 10.9. The molecule has 0 radical (unpaired) electrons. The number of nitrogens with zero attached hydrogens (tertiary/aromatic N) is 1. The predicted octanol–water partition coefficient (Wildman–Crippen LogP) is 4.38. The highest BCUT2D eigenvalue weighted by atomic mass is 79.9. The van der Waals surface area contributed by atoms with Crippen LogP contribution in [-0.4, -0.2) is 24.3 Å². The molecule has 2 nitrogen and oxygen atoms in total. The standard InChI is InChI=1S/C18H20BrNO/c1-13-8-9-15(10-14(13)2)18(21)12-20(3)11-16-6-4-5-7-17(16)19/h4-10H,11-12H2,1-3H3. The molecule has 0 aliphatic heterocycles. The molecule has 0 unspecified atom stereocenters. The van der Waals surface area contributed by atoms with E-state index >= 15 is 0 Å². The summed E-state index contributed by atoms with van der Waals surface area (Å²) in [7, 11) is 1.97. The Balaban J connectivity index is 2.02. The van der Waals surface area contributed by atoms with Gasteiger partial charge in [0.15, 0.2) is 5.78 Å². The van der Waals surface area contributed by atoms with Gasteiger partial charge in [-0.1, -0.05) is 46.3 Å². The molecular formula is C18H20BrNO. The largest absolute Gasteiger partial charge is 0.295 e. The SMILES string of the molecule is Cc1ccc(C(=O)CN(C)Cc2ccccc2Br)cc1C. The van der Waals surface area contributed by atoms with E-state index in [2.05, 4.69) is 28.9 Å². The summed E-state index contributed by atoms with van der Waals surface area (Å²) < 4.78 is 1.08. The molecule has 0 aromatic heterocycles. The summed E-state index contributed by atoms with van der Waals surface area (Å²) in [4.78, 5) is 14.4. The van der Waals surface area contributed by atoms with Crippen LogP contribution in [0.1, 0.15) is 27.0 Å². The first kappa shape index (κ1) is 15.9. The van der Waals surface area contributed by atoms with Crippen LogP contribution < -0.4 is 0 Å². The van der Waals surface area contributed by atoms with Crippen LogP contribution in [0.4, 0.5) is 0 Å². The zero-order valence-electron chi connectivity index (χ0n) is 12.7. The molecule has 2 aromatic carbocycles. The molecule has 0 N–H and O–H groups in total. The Labute approximate surface area is 134 Å².